The van der Waals surface area contributed by atoms with Crippen molar-refractivity contribution in [3.05, 3.63) is 28.0 Å². The highest BCUT2D eigenvalue weighted by Crippen LogP contribution is 2.37. The van der Waals surface area contributed by atoms with Crippen LogP contribution in [0.25, 0.3) is 0 Å². The van der Waals surface area contributed by atoms with Crippen molar-refractivity contribution in [3.63, 3.8) is 0 Å². The van der Waals surface area contributed by atoms with Gasteiger partial charge in [-0.25, -0.2) is 4.39 Å². The summed E-state index contributed by atoms with van der Waals surface area (Å²) in [6, 6.07) is 2.83. The predicted molar refractivity (Wildman–Crippen MR) is 62.4 cm³/mol. The molecule has 1 atom stereocenters. The van der Waals surface area contributed by atoms with Crippen molar-refractivity contribution in [1.82, 2.24) is 0 Å². The van der Waals surface area contributed by atoms with Crippen molar-refractivity contribution in [2.24, 2.45) is 11.7 Å². The van der Waals surface area contributed by atoms with E-state index in [-0.39, 0.29) is 17.6 Å². The fraction of sp³-hybridized carbons (Fsp3) is 0.455. The van der Waals surface area contributed by atoms with Crippen LogP contribution in [0.2, 0.25) is 0 Å². The average Bonchev–Trinajstić information content (AvgIpc) is 2.18. The lowest BCUT2D eigenvalue weighted by Gasteiger charge is -2.21. The van der Waals surface area contributed by atoms with Gasteiger partial charge >= 0.3 is 0 Å². The average molecular weight is 276 g/mol. The van der Waals surface area contributed by atoms with Gasteiger partial charge in [-0.1, -0.05) is 13.8 Å². The Kier molecular flexibility index (Phi) is 4.11. The first-order valence-electron chi connectivity index (χ1n) is 4.86. The molecule has 0 aromatic heterocycles. The highest BCUT2D eigenvalue weighted by Gasteiger charge is 2.22. The Bertz CT molecular complexity index is 355. The van der Waals surface area contributed by atoms with Gasteiger partial charge in [0.15, 0.2) is 0 Å². The standard InChI is InChI=1S/C11H15BrFNO/c1-6(2)7(5-14)10-9(13)4-3-8(12)11(10)15/h3-4,6-7,15H,5,14H2,1-2H3. The van der Waals surface area contributed by atoms with Crippen LogP contribution in [0.3, 0.4) is 0 Å². The molecule has 1 rings (SSSR count). The van der Waals surface area contributed by atoms with Crippen LogP contribution in [0.4, 0.5) is 4.39 Å². The molecule has 0 aliphatic rings. The summed E-state index contributed by atoms with van der Waals surface area (Å²) in [6.07, 6.45) is 0. The Balaban J connectivity index is 3.27. The highest BCUT2D eigenvalue weighted by molar-refractivity contribution is 9.10. The van der Waals surface area contributed by atoms with E-state index in [1.54, 1.807) is 0 Å². The van der Waals surface area contributed by atoms with E-state index < -0.39 is 5.82 Å². The highest BCUT2D eigenvalue weighted by atomic mass is 79.9. The van der Waals surface area contributed by atoms with Crippen molar-refractivity contribution in [1.29, 1.82) is 0 Å². The van der Waals surface area contributed by atoms with Crippen molar-refractivity contribution in [2.75, 3.05) is 6.54 Å². The summed E-state index contributed by atoms with van der Waals surface area (Å²) in [5.74, 6) is -0.425. The molecule has 1 unspecified atom stereocenters. The van der Waals surface area contributed by atoms with Gasteiger partial charge in [-0.05, 0) is 40.5 Å². The zero-order valence-corrected chi connectivity index (χ0v) is 10.4. The van der Waals surface area contributed by atoms with Crippen LogP contribution in [0.5, 0.6) is 5.75 Å². The van der Waals surface area contributed by atoms with Gasteiger partial charge in [0.1, 0.15) is 11.6 Å². The second kappa shape index (κ2) is 4.94. The molecular formula is C11H15BrFNO. The predicted octanol–water partition coefficient (Wildman–Crippen LogP) is 2.99. The Labute approximate surface area is 97.4 Å². The number of hydrogen-bond acceptors (Lipinski definition) is 2. The van der Waals surface area contributed by atoms with E-state index in [1.165, 1.54) is 12.1 Å². The lowest BCUT2D eigenvalue weighted by atomic mass is 9.87. The van der Waals surface area contributed by atoms with Crippen molar-refractivity contribution in [3.8, 4) is 5.75 Å². The minimum absolute atomic E-state index is 0.0425. The number of halogens is 2. The van der Waals surface area contributed by atoms with Gasteiger partial charge < -0.3 is 10.8 Å². The summed E-state index contributed by atoms with van der Waals surface area (Å²) in [5.41, 5.74) is 5.91. The Morgan fingerprint density at radius 1 is 1.47 bits per heavy atom. The molecule has 1 aromatic rings. The number of aromatic hydroxyl groups is 1. The van der Waals surface area contributed by atoms with Gasteiger partial charge in [0, 0.05) is 11.5 Å². The second-order valence-corrected chi connectivity index (χ2v) is 4.73. The van der Waals surface area contributed by atoms with Gasteiger partial charge in [0.25, 0.3) is 0 Å². The third kappa shape index (κ3) is 2.49. The number of hydrogen-bond donors (Lipinski definition) is 2. The topological polar surface area (TPSA) is 46.2 Å². The Morgan fingerprint density at radius 3 is 2.53 bits per heavy atom. The zero-order chi connectivity index (χ0) is 11.6. The van der Waals surface area contributed by atoms with E-state index in [9.17, 15) is 9.50 Å². The van der Waals surface area contributed by atoms with Crippen LogP contribution in [0, 0.1) is 11.7 Å². The van der Waals surface area contributed by atoms with Gasteiger partial charge in [-0.2, -0.15) is 0 Å². The minimum atomic E-state index is -0.403. The third-order valence-electron chi connectivity index (χ3n) is 2.54. The van der Waals surface area contributed by atoms with E-state index in [2.05, 4.69) is 15.9 Å². The first-order chi connectivity index (χ1) is 6.99. The lowest BCUT2D eigenvalue weighted by molar-refractivity contribution is 0.418. The first-order valence-corrected chi connectivity index (χ1v) is 5.65. The zero-order valence-electron chi connectivity index (χ0n) is 8.80. The molecule has 1 aromatic carbocycles. The second-order valence-electron chi connectivity index (χ2n) is 3.88. The molecule has 0 aliphatic heterocycles. The van der Waals surface area contributed by atoms with Crippen molar-refractivity contribution < 1.29 is 9.50 Å². The maximum absolute atomic E-state index is 13.6. The number of phenolic OH excluding ortho intramolecular Hbond substituents is 1. The molecule has 0 fully saturated rings. The van der Waals surface area contributed by atoms with Crippen LogP contribution < -0.4 is 5.73 Å². The maximum atomic E-state index is 13.6. The molecule has 0 aliphatic carbocycles. The number of benzene rings is 1. The fourth-order valence-corrected chi connectivity index (χ4v) is 1.98. The molecule has 0 saturated heterocycles. The number of rotatable bonds is 3. The van der Waals surface area contributed by atoms with Crippen molar-refractivity contribution in [2.45, 2.75) is 19.8 Å². The molecule has 0 radical (unpaired) electrons. The van der Waals surface area contributed by atoms with E-state index in [0.717, 1.165) is 0 Å². The molecule has 4 heteroatoms. The summed E-state index contributed by atoms with van der Waals surface area (Å²) >= 11 is 3.17. The van der Waals surface area contributed by atoms with Crippen LogP contribution in [-0.2, 0) is 0 Å². The third-order valence-corrected chi connectivity index (χ3v) is 3.18. The van der Waals surface area contributed by atoms with Gasteiger partial charge in [0.05, 0.1) is 4.47 Å². The van der Waals surface area contributed by atoms with Gasteiger partial charge in [-0.3, -0.25) is 0 Å². The number of nitrogens with two attached hydrogens (primary N) is 1. The van der Waals surface area contributed by atoms with Crippen molar-refractivity contribution >= 4 is 15.9 Å². The van der Waals surface area contributed by atoms with E-state index >= 15 is 0 Å². The molecule has 0 heterocycles. The summed E-state index contributed by atoms with van der Waals surface area (Å²) < 4.78 is 14.1. The molecule has 0 spiro atoms. The quantitative estimate of drug-likeness (QED) is 0.891. The van der Waals surface area contributed by atoms with E-state index in [0.29, 0.717) is 16.6 Å². The fourth-order valence-electron chi connectivity index (χ4n) is 1.63. The summed E-state index contributed by atoms with van der Waals surface area (Å²) in [4.78, 5) is 0. The summed E-state index contributed by atoms with van der Waals surface area (Å²) in [6.45, 7) is 4.23. The minimum Gasteiger partial charge on any atom is -0.506 e. The molecule has 84 valence electrons. The van der Waals surface area contributed by atoms with Crippen LogP contribution in [-0.4, -0.2) is 11.7 Å². The van der Waals surface area contributed by atoms with Crippen LogP contribution in [0.1, 0.15) is 25.3 Å². The summed E-state index contributed by atoms with van der Waals surface area (Å²) in [5, 5.41) is 9.79. The SMILES string of the molecule is CC(C)C(CN)c1c(F)ccc(Br)c1O. The largest absolute Gasteiger partial charge is 0.506 e. The van der Waals surface area contributed by atoms with Gasteiger partial charge in [-0.15, -0.1) is 0 Å². The molecule has 0 amide bonds. The maximum Gasteiger partial charge on any atom is 0.136 e. The monoisotopic (exact) mass is 275 g/mol. The first kappa shape index (κ1) is 12.5. The molecule has 15 heavy (non-hydrogen) atoms. The van der Waals surface area contributed by atoms with E-state index in [4.69, 9.17) is 5.73 Å². The molecule has 3 N–H and O–H groups in total. The molecule has 0 saturated carbocycles. The molecule has 0 bridgehead atoms. The molecular weight excluding hydrogens is 261 g/mol. The summed E-state index contributed by atoms with van der Waals surface area (Å²) in [7, 11) is 0. The smallest absolute Gasteiger partial charge is 0.136 e. The van der Waals surface area contributed by atoms with Crippen LogP contribution in [0.15, 0.2) is 16.6 Å². The number of phenols is 1. The van der Waals surface area contributed by atoms with E-state index in [1.807, 2.05) is 13.8 Å². The van der Waals surface area contributed by atoms with Gasteiger partial charge in [0.2, 0.25) is 0 Å². The molecule has 2 nitrogen and oxygen atoms in total. The normalized spacial score (nSPS) is 13.2. The van der Waals surface area contributed by atoms with Crippen LogP contribution >= 0.6 is 15.9 Å². The Morgan fingerprint density at radius 2 is 2.07 bits per heavy atom. The Hall–Kier alpha value is -0.610. The lowest BCUT2D eigenvalue weighted by Crippen LogP contribution is -2.19.